The van der Waals surface area contributed by atoms with Crippen LogP contribution in [0.2, 0.25) is 0 Å². The molecule has 0 saturated heterocycles. The van der Waals surface area contributed by atoms with Gasteiger partial charge >= 0.3 is 0 Å². The molecule has 0 aromatic heterocycles. The van der Waals surface area contributed by atoms with E-state index in [1.54, 1.807) is 18.2 Å². The quantitative estimate of drug-likeness (QED) is 0.499. The third-order valence-electron chi connectivity index (χ3n) is 3.54. The highest BCUT2D eigenvalue weighted by atomic mass is 32.2. The number of nitrogens with one attached hydrogen (secondary N) is 2. The number of benzene rings is 2. The first-order valence-corrected chi connectivity index (χ1v) is 11.5. The van der Waals surface area contributed by atoms with Gasteiger partial charge in [0, 0.05) is 30.5 Å². The number of non-ortho nitro benzene ring substituents is 1. The molecule has 0 heterocycles. The molecule has 0 aliphatic rings. The van der Waals surface area contributed by atoms with Gasteiger partial charge in [0.15, 0.2) is 9.84 Å². The van der Waals surface area contributed by atoms with Gasteiger partial charge in [-0.1, -0.05) is 18.2 Å². The number of nitro groups is 1. The minimum absolute atomic E-state index is 0.0889. The molecule has 2 aromatic rings. The molecule has 2 N–H and O–H groups in total. The van der Waals surface area contributed by atoms with E-state index in [2.05, 4.69) is 10.0 Å². The Bertz CT molecular complexity index is 1140. The van der Waals surface area contributed by atoms with Crippen molar-refractivity contribution < 1.29 is 26.6 Å². The van der Waals surface area contributed by atoms with E-state index in [0.717, 1.165) is 30.7 Å². The summed E-state index contributed by atoms with van der Waals surface area (Å²) in [5.74, 6) is -0.747. The van der Waals surface area contributed by atoms with E-state index in [1.165, 1.54) is 6.07 Å². The van der Waals surface area contributed by atoms with Crippen molar-refractivity contribution >= 4 is 37.1 Å². The molecule has 0 aliphatic carbocycles. The fourth-order valence-corrected chi connectivity index (χ4v) is 3.56. The molecule has 28 heavy (non-hydrogen) atoms. The first-order valence-electron chi connectivity index (χ1n) is 7.70. The topological polar surface area (TPSA) is 153 Å². The molecule has 1 amide bonds. The lowest BCUT2D eigenvalue weighted by molar-refractivity contribution is -0.385. The molecule has 12 heteroatoms. The van der Waals surface area contributed by atoms with Crippen LogP contribution in [0.25, 0.3) is 0 Å². The van der Waals surface area contributed by atoms with E-state index in [4.69, 9.17) is 0 Å². The van der Waals surface area contributed by atoms with Crippen molar-refractivity contribution in [3.05, 3.63) is 63.7 Å². The summed E-state index contributed by atoms with van der Waals surface area (Å²) >= 11 is 0. The lowest BCUT2D eigenvalue weighted by Gasteiger charge is -2.12. The van der Waals surface area contributed by atoms with Gasteiger partial charge < -0.3 is 5.32 Å². The number of hydrogen-bond donors (Lipinski definition) is 2. The molecular weight excluding hydrogens is 410 g/mol. The van der Waals surface area contributed by atoms with Gasteiger partial charge in [0.25, 0.3) is 11.6 Å². The van der Waals surface area contributed by atoms with Crippen molar-refractivity contribution in [2.45, 2.75) is 11.4 Å². The first kappa shape index (κ1) is 21.3. The van der Waals surface area contributed by atoms with Crippen LogP contribution in [0, 0.1) is 10.1 Å². The normalized spacial score (nSPS) is 11.6. The highest BCUT2D eigenvalue weighted by molar-refractivity contribution is 7.92. The number of rotatable bonds is 7. The molecule has 2 aromatic carbocycles. The second-order valence-electron chi connectivity index (χ2n) is 5.96. The van der Waals surface area contributed by atoms with Gasteiger partial charge in [-0.15, -0.1) is 0 Å². The molecule has 0 fully saturated rings. The maximum Gasteiger partial charge on any atom is 0.271 e. The molecule has 10 nitrogen and oxygen atoms in total. The fraction of sp³-hybridized carbons (Fsp3) is 0.188. The Morgan fingerprint density at radius 2 is 1.71 bits per heavy atom. The van der Waals surface area contributed by atoms with Crippen LogP contribution in [0.15, 0.2) is 47.4 Å². The standard InChI is InChI=1S/C16H17N3O7S2/c1-27(23,24)14-8-12(7-13(9-14)19(21)22)16(20)17-10-11-5-3-4-6-15(11)18-28(2,25)26/h3-9,18H,10H2,1-2H3,(H,17,20). The lowest BCUT2D eigenvalue weighted by Crippen LogP contribution is -2.24. The third-order valence-corrected chi connectivity index (χ3v) is 5.23. The molecule has 0 radical (unpaired) electrons. The van der Waals surface area contributed by atoms with Gasteiger partial charge in [-0.3, -0.25) is 19.6 Å². The largest absolute Gasteiger partial charge is 0.348 e. The van der Waals surface area contributed by atoms with Crippen LogP contribution >= 0.6 is 0 Å². The predicted molar refractivity (Wildman–Crippen MR) is 102 cm³/mol. The molecule has 0 saturated carbocycles. The summed E-state index contributed by atoms with van der Waals surface area (Å²) in [5.41, 5.74) is -0.0217. The van der Waals surface area contributed by atoms with Gasteiger partial charge in [-0.05, 0) is 17.7 Å². The first-order chi connectivity index (χ1) is 12.9. The zero-order valence-electron chi connectivity index (χ0n) is 14.9. The van der Waals surface area contributed by atoms with Crippen LogP contribution in [-0.4, -0.2) is 40.2 Å². The molecule has 0 aliphatic heterocycles. The lowest BCUT2D eigenvalue weighted by atomic mass is 10.1. The highest BCUT2D eigenvalue weighted by Crippen LogP contribution is 2.21. The summed E-state index contributed by atoms with van der Waals surface area (Å²) in [6.07, 6.45) is 1.86. The minimum atomic E-state index is -3.77. The van der Waals surface area contributed by atoms with Gasteiger partial charge in [0.1, 0.15) is 0 Å². The van der Waals surface area contributed by atoms with Crippen molar-refractivity contribution in [2.75, 3.05) is 17.2 Å². The maximum atomic E-state index is 12.4. The second kappa shape index (κ2) is 7.94. The zero-order valence-corrected chi connectivity index (χ0v) is 16.5. The smallest absolute Gasteiger partial charge is 0.271 e. The Morgan fingerprint density at radius 3 is 2.29 bits per heavy atom. The highest BCUT2D eigenvalue weighted by Gasteiger charge is 2.19. The van der Waals surface area contributed by atoms with Crippen molar-refractivity contribution in [1.82, 2.24) is 5.32 Å². The summed E-state index contributed by atoms with van der Waals surface area (Å²) in [5, 5.41) is 13.5. The SMILES string of the molecule is CS(=O)(=O)Nc1ccccc1CNC(=O)c1cc([N+](=O)[O-])cc(S(C)(=O)=O)c1. The number of nitro benzene ring substituents is 1. The second-order valence-corrected chi connectivity index (χ2v) is 9.72. The molecule has 0 unspecified atom stereocenters. The molecule has 150 valence electrons. The Hall–Kier alpha value is -2.99. The van der Waals surface area contributed by atoms with E-state index in [-0.39, 0.29) is 22.7 Å². The van der Waals surface area contributed by atoms with Gasteiger partial charge in [-0.2, -0.15) is 0 Å². The van der Waals surface area contributed by atoms with Crippen molar-refractivity contribution in [2.24, 2.45) is 0 Å². The minimum Gasteiger partial charge on any atom is -0.348 e. The Kier molecular flexibility index (Phi) is 6.04. The predicted octanol–water partition coefficient (Wildman–Crippen LogP) is 1.30. The molecule has 2 rings (SSSR count). The molecule has 0 bridgehead atoms. The third kappa shape index (κ3) is 5.76. The van der Waals surface area contributed by atoms with E-state index in [9.17, 15) is 31.7 Å². The van der Waals surface area contributed by atoms with Gasteiger partial charge in [0.2, 0.25) is 10.0 Å². The number of sulfonamides is 1. The molecule has 0 spiro atoms. The van der Waals surface area contributed by atoms with Gasteiger partial charge in [-0.25, -0.2) is 16.8 Å². The average Bonchev–Trinajstić information content (AvgIpc) is 2.58. The number of anilines is 1. The summed E-state index contributed by atoms with van der Waals surface area (Å²) in [6, 6.07) is 9.23. The van der Waals surface area contributed by atoms with Crippen LogP contribution in [0.5, 0.6) is 0 Å². The monoisotopic (exact) mass is 427 g/mol. The number of hydrogen-bond acceptors (Lipinski definition) is 7. The van der Waals surface area contributed by atoms with Crippen LogP contribution < -0.4 is 10.0 Å². The van der Waals surface area contributed by atoms with Crippen molar-refractivity contribution in [1.29, 1.82) is 0 Å². The Labute approximate surface area is 161 Å². The van der Waals surface area contributed by atoms with E-state index in [0.29, 0.717) is 5.56 Å². The summed E-state index contributed by atoms with van der Waals surface area (Å²) < 4.78 is 48.6. The number of sulfone groups is 1. The van der Waals surface area contributed by atoms with E-state index < -0.39 is 36.4 Å². The van der Waals surface area contributed by atoms with Crippen molar-refractivity contribution in [3.8, 4) is 0 Å². The zero-order chi connectivity index (χ0) is 21.1. The summed E-state index contributed by atoms with van der Waals surface area (Å²) in [6.45, 7) is -0.0889. The number of carbonyl (C=O) groups is 1. The van der Waals surface area contributed by atoms with E-state index in [1.807, 2.05) is 0 Å². The van der Waals surface area contributed by atoms with Gasteiger partial charge in [0.05, 0.1) is 21.8 Å². The molecule has 0 atom stereocenters. The number of para-hydroxylation sites is 1. The van der Waals surface area contributed by atoms with Crippen LogP contribution in [-0.2, 0) is 26.4 Å². The van der Waals surface area contributed by atoms with E-state index >= 15 is 0 Å². The summed E-state index contributed by atoms with van der Waals surface area (Å²) in [7, 11) is -7.30. The van der Waals surface area contributed by atoms with Crippen LogP contribution in [0.3, 0.4) is 0 Å². The number of carbonyl (C=O) groups excluding carboxylic acids is 1. The number of nitrogens with zero attached hydrogens (tertiary/aromatic N) is 1. The molecular formula is C16H17N3O7S2. The van der Waals surface area contributed by atoms with Crippen LogP contribution in [0.1, 0.15) is 15.9 Å². The average molecular weight is 427 g/mol. The number of amides is 1. The fourth-order valence-electron chi connectivity index (χ4n) is 2.29. The summed E-state index contributed by atoms with van der Waals surface area (Å²) in [4.78, 5) is 22.3. The van der Waals surface area contributed by atoms with Crippen LogP contribution in [0.4, 0.5) is 11.4 Å². The Morgan fingerprint density at radius 1 is 1.07 bits per heavy atom. The Balaban J connectivity index is 2.30. The van der Waals surface area contributed by atoms with Crippen molar-refractivity contribution in [3.63, 3.8) is 0 Å². The maximum absolute atomic E-state index is 12.4.